The van der Waals surface area contributed by atoms with Crippen LogP contribution in [-0.2, 0) is 12.8 Å². The Kier molecular flexibility index (Phi) is 29.6. The van der Waals surface area contributed by atoms with Crippen molar-refractivity contribution in [2.24, 2.45) is 0 Å². The molecule has 0 saturated heterocycles. The van der Waals surface area contributed by atoms with Crippen LogP contribution in [0.2, 0.25) is 5.02 Å². The molecule has 0 spiro atoms. The van der Waals surface area contributed by atoms with E-state index < -0.39 is 0 Å². The van der Waals surface area contributed by atoms with Crippen LogP contribution in [0.4, 0.5) is 63.4 Å². The van der Waals surface area contributed by atoms with E-state index in [1.165, 1.54) is 10.7 Å². The number of nitrogens with one attached hydrogen (secondary N) is 4. The zero-order valence-corrected chi connectivity index (χ0v) is 63.7. The van der Waals surface area contributed by atoms with Gasteiger partial charge in [-0.1, -0.05) is 121 Å². The van der Waals surface area contributed by atoms with Gasteiger partial charge in [-0.05, 0) is 102 Å². The van der Waals surface area contributed by atoms with Crippen molar-refractivity contribution in [3.63, 3.8) is 0 Å². The molecule has 8 aromatic heterocycles. The Hall–Kier alpha value is -15.1. The number of anilines is 10. The fourth-order valence-electron chi connectivity index (χ4n) is 10.7. The molecule has 0 fully saturated rings. The summed E-state index contributed by atoms with van der Waals surface area (Å²) in [7, 11) is 6.71. The van der Waals surface area contributed by atoms with Crippen molar-refractivity contribution >= 4 is 81.5 Å². The lowest BCUT2D eigenvalue weighted by molar-refractivity contribution is -0.634. The number of pyridine rings is 2. The minimum Gasteiger partial charge on any atom is -0.497 e. The summed E-state index contributed by atoms with van der Waals surface area (Å²) in [6.07, 6.45) is 8.61. The first-order valence-corrected chi connectivity index (χ1v) is 35.5. The van der Waals surface area contributed by atoms with Gasteiger partial charge in [-0.25, -0.2) is 39.3 Å². The zero-order chi connectivity index (χ0) is 80.8. The van der Waals surface area contributed by atoms with Crippen LogP contribution >= 0.6 is 11.6 Å². The van der Waals surface area contributed by atoms with Gasteiger partial charge in [0.15, 0.2) is 5.69 Å². The number of nitrogens with zero attached hydrogens (tertiary/aromatic N) is 15. The maximum atomic E-state index is 14.5. The van der Waals surface area contributed by atoms with Crippen LogP contribution in [0.3, 0.4) is 0 Å². The monoisotopic (exact) mass is 1530 g/mol. The number of benzene rings is 6. The molecule has 0 aliphatic heterocycles. The largest absolute Gasteiger partial charge is 0.497 e. The lowest BCUT2D eigenvalue weighted by Crippen LogP contribution is -2.51. The minimum absolute atomic E-state index is 0.105. The average Bonchev–Trinajstić information content (AvgIpc) is 0.783. The minimum atomic E-state index is -0.346. The van der Waals surface area contributed by atoms with E-state index in [-0.39, 0.29) is 35.6 Å². The van der Waals surface area contributed by atoms with E-state index in [9.17, 15) is 4.39 Å². The van der Waals surface area contributed by atoms with E-state index in [4.69, 9.17) is 66.6 Å². The van der Waals surface area contributed by atoms with Gasteiger partial charge in [0.25, 0.3) is 0 Å². The molecule has 0 radical (unpaired) electrons. The van der Waals surface area contributed by atoms with Crippen molar-refractivity contribution in [3.05, 3.63) is 266 Å². The van der Waals surface area contributed by atoms with Gasteiger partial charge >= 0.3 is 5.95 Å². The molecule has 572 valence electrons. The van der Waals surface area contributed by atoms with Crippen LogP contribution in [0, 0.1) is 17.1 Å². The van der Waals surface area contributed by atoms with Gasteiger partial charge in [0.05, 0.1) is 59.8 Å². The number of rotatable bonds is 19. The molecule has 0 aliphatic carbocycles. The van der Waals surface area contributed by atoms with Crippen LogP contribution in [0.5, 0.6) is 11.6 Å². The van der Waals surface area contributed by atoms with Gasteiger partial charge in [-0.15, -0.1) is 17.8 Å². The van der Waals surface area contributed by atoms with Crippen molar-refractivity contribution in [2.45, 2.75) is 26.7 Å². The Labute approximate surface area is 658 Å². The number of nitriles is 1. The summed E-state index contributed by atoms with van der Waals surface area (Å²) in [6.45, 7) is 12.6. The number of aromatic nitrogens is 14. The van der Waals surface area contributed by atoms with E-state index in [1.807, 2.05) is 172 Å². The lowest BCUT2D eigenvalue weighted by atomic mass is 10.0. The summed E-state index contributed by atoms with van der Waals surface area (Å²) in [5.41, 5.74) is 48.8. The quantitative estimate of drug-likeness (QED) is 0.0203. The molecule has 8 heterocycles. The molecular formula is C83H85ClFN26O2+. The Morgan fingerprint density at radius 1 is 0.478 bits per heavy atom. The average molecular weight is 1530 g/mol. The van der Waals surface area contributed by atoms with Crippen molar-refractivity contribution < 1.29 is 18.5 Å². The van der Waals surface area contributed by atoms with Crippen LogP contribution in [0.1, 0.15) is 30.8 Å². The summed E-state index contributed by atoms with van der Waals surface area (Å²) in [5, 5.41) is 22.4. The maximum absolute atomic E-state index is 14.5. The third-order valence-electron chi connectivity index (χ3n) is 16.3. The molecule has 18 N–H and O–H groups in total. The summed E-state index contributed by atoms with van der Waals surface area (Å²) in [5.74, 6) is 10.9. The van der Waals surface area contributed by atoms with Gasteiger partial charge in [0, 0.05) is 132 Å². The van der Waals surface area contributed by atoms with E-state index in [2.05, 4.69) is 105 Å². The zero-order valence-electron chi connectivity index (χ0n) is 62.9. The SMILES string of the molecule is C=CCNc1cc(-c2ccc(Cl)cc2)nc(N)n1.C=CCNc1cc(-c2ccc(OC)cc2)nc(N)n1.CCc1cc(-c2ccc(OC)nc2)nc(N)n1.CCc1cc(-c2cccc3ncccc23)nc(N)[n+]1N.CNc1cc(-c2ccc(-c3ccccc3)cc2F)nc(N)n1.CNc1cc(-c2ccc(C#N)cc2)nc(N)n1. The highest BCUT2D eigenvalue weighted by molar-refractivity contribution is 6.30. The van der Waals surface area contributed by atoms with E-state index in [0.29, 0.717) is 70.0 Å². The first-order chi connectivity index (χ1) is 54.7. The number of nitrogen functional groups attached to an aromatic ring is 7. The first-order valence-electron chi connectivity index (χ1n) is 35.1. The third-order valence-corrected chi connectivity index (χ3v) is 16.6. The molecule has 0 atom stereocenters. The molecular weight excluding hydrogens is 1450 g/mol. The Bertz CT molecular complexity index is 5550. The van der Waals surface area contributed by atoms with Gasteiger partial charge in [0.1, 0.15) is 40.5 Å². The maximum Gasteiger partial charge on any atom is 0.411 e. The summed E-state index contributed by atoms with van der Waals surface area (Å²) >= 11 is 5.85. The highest BCUT2D eigenvalue weighted by Gasteiger charge is 2.18. The second-order valence-electron chi connectivity index (χ2n) is 23.9. The molecule has 14 aromatic rings. The van der Waals surface area contributed by atoms with Crippen molar-refractivity contribution in [1.82, 2.24) is 64.8 Å². The highest BCUT2D eigenvalue weighted by Crippen LogP contribution is 2.31. The van der Waals surface area contributed by atoms with Crippen LogP contribution in [0.25, 0.3) is 89.6 Å². The standard InChI is InChI=1S/C17H15FN4.C15H15N5.C14H16N4O.C13H13ClN4.C12H11N5.C12H14N4O/c1-20-16-10-15(21-17(19)22-16)13-8-7-12(9-14(13)18)11-5-3-2-4-6-11;1-2-10-9-14(19-15(16)20(10)17)12-5-3-7-13-11(12)6-4-8-18-13;1-3-8-16-13-9-12(17-14(15)18-13)10-4-6-11(19-2)7-5-10;1-2-7-16-12-8-11(17-13(15)18-12)9-3-5-10(14)6-4-9;1-15-11-6-10(16-12(14)17-11)9-4-2-8(7-13)3-5-9;1-3-9-6-10(16-12(13)15-9)8-4-5-11(17-2)14-7-8/h2-10H,1H3,(H3,19,20,21,22);3-9,16H,2,17H2,1H3;3-7,9H,1,8H2,2H3,(H3,15,16,17,18);2-6,8H,1,7H2,(H3,15,16,17,18);2-6H,1H3,(H3,14,15,16,17);4-7H,3H2,1-2H3,(H2,13,15,16)/p+1. The van der Waals surface area contributed by atoms with E-state index in [0.717, 1.165) is 108 Å². The number of hydrogen-bond donors (Lipinski definition) is 11. The number of methoxy groups -OCH3 is 2. The second-order valence-corrected chi connectivity index (χ2v) is 24.4. The molecule has 0 unspecified atom stereocenters. The van der Waals surface area contributed by atoms with Gasteiger partial charge in [-0.3, -0.25) is 16.6 Å². The fraction of sp³-hybridized carbons (Fsp3) is 0.120. The third kappa shape index (κ3) is 23.5. The molecule has 0 bridgehead atoms. The number of halogens is 2. The van der Waals surface area contributed by atoms with Gasteiger partial charge in [-0.2, -0.15) is 25.2 Å². The summed E-state index contributed by atoms with van der Waals surface area (Å²) in [4.78, 5) is 54.1. The van der Waals surface area contributed by atoms with Gasteiger partial charge in [0.2, 0.25) is 35.6 Å². The van der Waals surface area contributed by atoms with Gasteiger partial charge < -0.3 is 59.4 Å². The summed E-state index contributed by atoms with van der Waals surface area (Å²) in [6, 6.07) is 63.6. The van der Waals surface area contributed by atoms with Crippen LogP contribution in [-0.4, -0.2) is 106 Å². The fourth-order valence-corrected chi connectivity index (χ4v) is 10.8. The van der Waals surface area contributed by atoms with E-state index >= 15 is 0 Å². The Balaban J connectivity index is 0.000000156. The topological polar surface area (TPSA) is 444 Å². The number of nitrogens with two attached hydrogens (primary N) is 7. The molecule has 0 saturated carbocycles. The van der Waals surface area contributed by atoms with Crippen molar-refractivity contribution in [3.8, 4) is 96.4 Å². The highest BCUT2D eigenvalue weighted by atomic mass is 35.5. The molecule has 6 aromatic carbocycles. The molecule has 0 amide bonds. The molecule has 0 aliphatic rings. The second kappa shape index (κ2) is 40.8. The smallest absolute Gasteiger partial charge is 0.411 e. The predicted octanol–water partition coefficient (Wildman–Crippen LogP) is 13.7. The normalized spacial score (nSPS) is 10.2. The summed E-state index contributed by atoms with van der Waals surface area (Å²) < 4.78 is 26.0. The number of hydrogen-bond acceptors (Lipinski definition) is 27. The molecule has 30 heteroatoms. The first kappa shape index (κ1) is 82.0. The Morgan fingerprint density at radius 2 is 0.982 bits per heavy atom. The number of fused-ring (bicyclic) bond motifs is 1. The van der Waals surface area contributed by atoms with E-state index in [1.54, 1.807) is 89.3 Å². The lowest BCUT2D eigenvalue weighted by Gasteiger charge is -2.08. The van der Waals surface area contributed by atoms with Crippen molar-refractivity contribution in [2.75, 3.05) is 103 Å². The van der Waals surface area contributed by atoms with Crippen LogP contribution in [0.15, 0.2) is 238 Å². The Morgan fingerprint density at radius 3 is 1.50 bits per heavy atom. The molecule has 28 nitrogen and oxygen atoms in total. The number of ether oxygens (including phenoxy) is 2. The molecule has 113 heavy (non-hydrogen) atoms. The number of aryl methyl sites for hydroxylation is 2. The van der Waals surface area contributed by atoms with Crippen molar-refractivity contribution in [1.29, 1.82) is 5.26 Å². The molecule has 14 rings (SSSR count). The van der Waals surface area contributed by atoms with Crippen LogP contribution < -0.4 is 75.7 Å². The predicted molar refractivity (Wildman–Crippen MR) is 450 cm³/mol.